The van der Waals surface area contributed by atoms with Crippen LogP contribution in [0, 0.1) is 0 Å². The molecule has 0 aliphatic heterocycles. The molecule has 0 saturated carbocycles. The lowest BCUT2D eigenvalue weighted by Crippen LogP contribution is -2.49. The lowest BCUT2D eigenvalue weighted by molar-refractivity contribution is -0.134. The number of aliphatic hydroxyl groups excluding tert-OH is 5. The Morgan fingerprint density at radius 1 is 1.00 bits per heavy atom. The van der Waals surface area contributed by atoms with Crippen molar-refractivity contribution in [1.29, 1.82) is 0 Å². The predicted octanol–water partition coefficient (Wildman–Crippen LogP) is -1.46. The van der Waals surface area contributed by atoms with Crippen LogP contribution in [0.2, 0.25) is 0 Å². The summed E-state index contributed by atoms with van der Waals surface area (Å²) in [6.07, 6.45) is -6.02. The second kappa shape index (κ2) is 9.09. The van der Waals surface area contributed by atoms with Crippen molar-refractivity contribution in [3.8, 4) is 0 Å². The molecule has 0 aliphatic carbocycles. The minimum atomic E-state index is -1.62. The summed E-state index contributed by atoms with van der Waals surface area (Å²) in [7, 11) is 0. The third-order valence-corrected chi connectivity index (χ3v) is 3.30. The maximum Gasteiger partial charge on any atom is 0.131 e. The fraction of sp³-hybridized carbons (Fsp3) is 1.00. The molecule has 6 nitrogen and oxygen atoms in total. The minimum absolute atomic E-state index is 0.361. The molecule has 0 bridgehead atoms. The molecule has 0 fully saturated rings. The standard InChI is InChI=1S/C10H22O6S/c1-3-16-10(17-4-2)9(15)8(14)7(13)6(12)5-11/h6-15H,3-5H2,1-2H3/t6-,7-,8-,9+,10-/m1/s1. The lowest BCUT2D eigenvalue weighted by atomic mass is 10.0. The molecule has 0 heterocycles. The van der Waals surface area contributed by atoms with Crippen LogP contribution in [0.3, 0.4) is 0 Å². The molecule has 17 heavy (non-hydrogen) atoms. The van der Waals surface area contributed by atoms with Gasteiger partial charge in [-0.2, -0.15) is 0 Å². The van der Waals surface area contributed by atoms with Crippen molar-refractivity contribution in [2.75, 3.05) is 19.0 Å². The van der Waals surface area contributed by atoms with Gasteiger partial charge in [0.15, 0.2) is 0 Å². The highest BCUT2D eigenvalue weighted by Gasteiger charge is 2.35. The molecule has 0 aromatic rings. The van der Waals surface area contributed by atoms with Gasteiger partial charge in [0.1, 0.15) is 29.9 Å². The number of thioether (sulfide) groups is 1. The van der Waals surface area contributed by atoms with E-state index in [1.54, 1.807) is 6.92 Å². The zero-order chi connectivity index (χ0) is 13.4. The fourth-order valence-electron chi connectivity index (χ4n) is 1.27. The van der Waals surface area contributed by atoms with E-state index in [4.69, 9.17) is 14.9 Å². The first-order valence-electron chi connectivity index (χ1n) is 5.55. The Morgan fingerprint density at radius 2 is 1.59 bits per heavy atom. The molecular weight excluding hydrogens is 248 g/mol. The first-order valence-corrected chi connectivity index (χ1v) is 6.60. The van der Waals surface area contributed by atoms with Crippen molar-refractivity contribution < 1.29 is 30.3 Å². The summed E-state index contributed by atoms with van der Waals surface area (Å²) in [5.74, 6) is 0.674. The second-order valence-electron chi connectivity index (χ2n) is 3.50. The average Bonchev–Trinajstić information content (AvgIpc) is 2.34. The Bertz CT molecular complexity index is 188. The topological polar surface area (TPSA) is 110 Å². The SMILES string of the molecule is CCO[C@H](SCC)[C@@H](O)[C@H](O)[C@H](O)[C@H](O)CO. The van der Waals surface area contributed by atoms with Crippen LogP contribution in [0.4, 0.5) is 0 Å². The molecule has 0 saturated heterocycles. The monoisotopic (exact) mass is 270 g/mol. The van der Waals surface area contributed by atoms with Crippen LogP contribution in [0.5, 0.6) is 0 Å². The molecular formula is C10H22O6S. The van der Waals surface area contributed by atoms with Gasteiger partial charge in [0.25, 0.3) is 0 Å². The number of hydrogen-bond donors (Lipinski definition) is 5. The number of hydrogen-bond acceptors (Lipinski definition) is 7. The molecule has 0 aliphatic rings. The van der Waals surface area contributed by atoms with Crippen LogP contribution in [0.1, 0.15) is 13.8 Å². The Hall–Kier alpha value is 0.110. The van der Waals surface area contributed by atoms with E-state index in [0.717, 1.165) is 0 Å². The molecule has 0 radical (unpaired) electrons. The Labute approximate surface area is 105 Å². The molecule has 0 spiro atoms. The van der Waals surface area contributed by atoms with Crippen LogP contribution < -0.4 is 0 Å². The van der Waals surface area contributed by atoms with E-state index in [2.05, 4.69) is 0 Å². The third-order valence-electron chi connectivity index (χ3n) is 2.22. The van der Waals surface area contributed by atoms with Crippen LogP contribution in [0.15, 0.2) is 0 Å². The molecule has 5 N–H and O–H groups in total. The van der Waals surface area contributed by atoms with Crippen LogP contribution in [0.25, 0.3) is 0 Å². The third kappa shape index (κ3) is 5.52. The summed E-state index contributed by atoms with van der Waals surface area (Å²) >= 11 is 1.29. The Morgan fingerprint density at radius 3 is 2.00 bits per heavy atom. The zero-order valence-electron chi connectivity index (χ0n) is 10.1. The van der Waals surface area contributed by atoms with Gasteiger partial charge in [-0.25, -0.2) is 0 Å². The Kier molecular flexibility index (Phi) is 9.15. The van der Waals surface area contributed by atoms with Crippen molar-refractivity contribution in [2.45, 2.75) is 43.7 Å². The van der Waals surface area contributed by atoms with Crippen LogP contribution >= 0.6 is 11.8 Å². The largest absolute Gasteiger partial charge is 0.394 e. The predicted molar refractivity (Wildman–Crippen MR) is 64.7 cm³/mol. The normalized spacial score (nSPS) is 20.6. The maximum absolute atomic E-state index is 9.81. The van der Waals surface area contributed by atoms with Gasteiger partial charge in [-0.15, -0.1) is 11.8 Å². The summed E-state index contributed by atoms with van der Waals surface area (Å²) in [5.41, 5.74) is -0.680. The molecule has 0 amide bonds. The van der Waals surface area contributed by atoms with Gasteiger partial charge in [0.2, 0.25) is 0 Å². The molecule has 104 valence electrons. The van der Waals surface area contributed by atoms with Gasteiger partial charge in [-0.1, -0.05) is 6.92 Å². The van der Waals surface area contributed by atoms with Crippen LogP contribution in [-0.4, -0.2) is 74.4 Å². The lowest BCUT2D eigenvalue weighted by Gasteiger charge is -2.30. The number of aliphatic hydroxyl groups is 5. The molecule has 0 rings (SSSR count). The van der Waals surface area contributed by atoms with Gasteiger partial charge >= 0.3 is 0 Å². The van der Waals surface area contributed by atoms with Gasteiger partial charge in [-0.05, 0) is 12.7 Å². The molecule has 0 aromatic heterocycles. The van der Waals surface area contributed by atoms with Gasteiger partial charge in [0, 0.05) is 6.61 Å². The van der Waals surface area contributed by atoms with Crippen molar-refractivity contribution in [3.05, 3.63) is 0 Å². The van der Waals surface area contributed by atoms with Crippen molar-refractivity contribution in [1.82, 2.24) is 0 Å². The van der Waals surface area contributed by atoms with E-state index in [9.17, 15) is 15.3 Å². The minimum Gasteiger partial charge on any atom is -0.394 e. The molecule has 0 aromatic carbocycles. The summed E-state index contributed by atoms with van der Waals surface area (Å²) in [5, 5.41) is 46.7. The maximum atomic E-state index is 9.81. The smallest absolute Gasteiger partial charge is 0.131 e. The van der Waals surface area contributed by atoms with Gasteiger partial charge in [0.05, 0.1) is 6.61 Å². The highest BCUT2D eigenvalue weighted by atomic mass is 32.2. The fourth-order valence-corrected chi connectivity index (χ4v) is 2.19. The first kappa shape index (κ1) is 17.1. The van der Waals surface area contributed by atoms with E-state index < -0.39 is 36.5 Å². The molecule has 0 unspecified atom stereocenters. The van der Waals surface area contributed by atoms with Gasteiger partial charge in [-0.3, -0.25) is 0 Å². The summed E-state index contributed by atoms with van der Waals surface area (Å²) < 4.78 is 5.23. The first-order chi connectivity index (χ1) is 7.99. The van der Waals surface area contributed by atoms with Crippen molar-refractivity contribution in [2.24, 2.45) is 0 Å². The van der Waals surface area contributed by atoms with Gasteiger partial charge < -0.3 is 30.3 Å². The van der Waals surface area contributed by atoms with E-state index in [1.165, 1.54) is 11.8 Å². The van der Waals surface area contributed by atoms with Crippen molar-refractivity contribution >= 4 is 11.8 Å². The zero-order valence-corrected chi connectivity index (χ0v) is 10.9. The second-order valence-corrected chi connectivity index (χ2v) is 4.88. The molecule has 5 atom stereocenters. The van der Waals surface area contributed by atoms with Crippen LogP contribution in [-0.2, 0) is 4.74 Å². The highest BCUT2D eigenvalue weighted by Crippen LogP contribution is 2.20. The average molecular weight is 270 g/mol. The number of ether oxygens (including phenoxy) is 1. The van der Waals surface area contributed by atoms with E-state index >= 15 is 0 Å². The van der Waals surface area contributed by atoms with E-state index in [-0.39, 0.29) is 0 Å². The number of rotatable bonds is 9. The summed E-state index contributed by atoms with van der Waals surface area (Å²) in [4.78, 5) is 0. The Balaban J connectivity index is 4.46. The summed E-state index contributed by atoms with van der Waals surface area (Å²) in [6, 6.07) is 0. The highest BCUT2D eigenvalue weighted by molar-refractivity contribution is 7.99. The summed E-state index contributed by atoms with van der Waals surface area (Å²) in [6.45, 7) is 3.29. The quantitative estimate of drug-likeness (QED) is 0.326. The van der Waals surface area contributed by atoms with E-state index in [1.807, 2.05) is 6.92 Å². The van der Waals surface area contributed by atoms with E-state index in [0.29, 0.717) is 12.4 Å². The molecule has 7 heteroatoms. The van der Waals surface area contributed by atoms with Crippen molar-refractivity contribution in [3.63, 3.8) is 0 Å².